The third-order valence-electron chi connectivity index (χ3n) is 2.85. The molecule has 4 nitrogen and oxygen atoms in total. The van der Waals surface area contributed by atoms with Gasteiger partial charge in [-0.2, -0.15) is 0 Å². The van der Waals surface area contributed by atoms with Gasteiger partial charge in [0.1, 0.15) is 5.76 Å². The second-order valence-corrected chi connectivity index (χ2v) is 5.98. The van der Waals surface area contributed by atoms with E-state index in [0.29, 0.717) is 13.1 Å². The van der Waals surface area contributed by atoms with E-state index in [4.69, 9.17) is 4.42 Å². The minimum absolute atomic E-state index is 0. The average Bonchev–Trinajstić information content (AvgIpc) is 3.13. The van der Waals surface area contributed by atoms with Gasteiger partial charge in [0, 0.05) is 29.3 Å². The zero-order chi connectivity index (χ0) is 14.9. The molecule has 0 aliphatic carbocycles. The van der Waals surface area contributed by atoms with E-state index in [0.717, 1.165) is 24.7 Å². The summed E-state index contributed by atoms with van der Waals surface area (Å²) in [5.74, 6) is 1.77. The van der Waals surface area contributed by atoms with E-state index in [1.54, 1.807) is 17.6 Å². The molecule has 0 radical (unpaired) electrons. The Morgan fingerprint density at radius 1 is 1.36 bits per heavy atom. The molecule has 0 unspecified atom stereocenters. The van der Waals surface area contributed by atoms with E-state index < -0.39 is 0 Å². The van der Waals surface area contributed by atoms with Gasteiger partial charge in [-0.25, -0.2) is 4.99 Å². The average molecular weight is 431 g/mol. The lowest BCUT2D eigenvalue weighted by Crippen LogP contribution is -2.38. The van der Waals surface area contributed by atoms with Gasteiger partial charge in [0.05, 0.1) is 12.8 Å². The smallest absolute Gasteiger partial charge is 0.191 e. The van der Waals surface area contributed by atoms with Crippen molar-refractivity contribution in [2.24, 2.45) is 4.99 Å². The SMILES string of the molecule is C=CCNC(=NCc1ccc(C)s1)NCCc1ccco1.I. The monoisotopic (exact) mass is 431 g/mol. The normalized spacial score (nSPS) is 10.9. The third kappa shape index (κ3) is 6.65. The number of rotatable bonds is 7. The summed E-state index contributed by atoms with van der Waals surface area (Å²) in [7, 11) is 0. The quantitative estimate of drug-likeness (QED) is 0.304. The van der Waals surface area contributed by atoms with Crippen LogP contribution in [0.25, 0.3) is 0 Å². The van der Waals surface area contributed by atoms with Crippen LogP contribution < -0.4 is 10.6 Å². The molecule has 0 saturated carbocycles. The highest BCUT2D eigenvalue weighted by Crippen LogP contribution is 2.15. The van der Waals surface area contributed by atoms with Crippen LogP contribution in [-0.4, -0.2) is 19.0 Å². The highest BCUT2D eigenvalue weighted by atomic mass is 127. The Kier molecular flexibility index (Phi) is 8.91. The fourth-order valence-electron chi connectivity index (χ4n) is 1.83. The van der Waals surface area contributed by atoms with Crippen molar-refractivity contribution in [3.63, 3.8) is 0 Å². The summed E-state index contributed by atoms with van der Waals surface area (Å²) in [6.07, 6.45) is 4.35. The molecular weight excluding hydrogens is 409 g/mol. The number of guanidine groups is 1. The van der Waals surface area contributed by atoms with E-state index in [-0.39, 0.29) is 24.0 Å². The molecule has 6 heteroatoms. The number of hydrogen-bond donors (Lipinski definition) is 2. The first-order chi connectivity index (χ1) is 10.3. The molecule has 0 amide bonds. The molecule has 120 valence electrons. The van der Waals surface area contributed by atoms with Crippen LogP contribution in [0.5, 0.6) is 0 Å². The number of aryl methyl sites for hydroxylation is 1. The van der Waals surface area contributed by atoms with Crippen LogP contribution in [0.2, 0.25) is 0 Å². The summed E-state index contributed by atoms with van der Waals surface area (Å²) < 4.78 is 5.31. The van der Waals surface area contributed by atoms with Crippen LogP contribution in [0, 0.1) is 6.92 Å². The molecule has 0 aliphatic heterocycles. The van der Waals surface area contributed by atoms with Gasteiger partial charge < -0.3 is 15.1 Å². The molecule has 2 aromatic rings. The van der Waals surface area contributed by atoms with E-state index in [1.807, 2.05) is 18.2 Å². The van der Waals surface area contributed by atoms with Crippen molar-refractivity contribution in [2.75, 3.05) is 13.1 Å². The molecule has 0 bridgehead atoms. The van der Waals surface area contributed by atoms with E-state index in [9.17, 15) is 0 Å². The second kappa shape index (κ2) is 10.4. The van der Waals surface area contributed by atoms with Crippen LogP contribution in [0.3, 0.4) is 0 Å². The predicted molar refractivity (Wildman–Crippen MR) is 104 cm³/mol. The van der Waals surface area contributed by atoms with Crippen LogP contribution in [0.1, 0.15) is 15.5 Å². The molecule has 0 fully saturated rings. The van der Waals surface area contributed by atoms with Gasteiger partial charge >= 0.3 is 0 Å². The van der Waals surface area contributed by atoms with Crippen LogP contribution >= 0.6 is 35.3 Å². The lowest BCUT2D eigenvalue weighted by Gasteiger charge is -2.10. The predicted octanol–water partition coefficient (Wildman–Crippen LogP) is 3.73. The molecule has 0 atom stereocenters. The number of nitrogens with zero attached hydrogens (tertiary/aromatic N) is 1. The highest BCUT2D eigenvalue weighted by Gasteiger charge is 2.01. The summed E-state index contributed by atoms with van der Waals surface area (Å²) in [5, 5.41) is 6.53. The van der Waals surface area contributed by atoms with Crippen molar-refractivity contribution >= 4 is 41.3 Å². The maximum absolute atomic E-state index is 5.31. The molecule has 22 heavy (non-hydrogen) atoms. The first kappa shape index (κ1) is 18.8. The van der Waals surface area contributed by atoms with Crippen molar-refractivity contribution in [2.45, 2.75) is 19.9 Å². The molecule has 2 N–H and O–H groups in total. The molecular formula is C16H22IN3OS. The topological polar surface area (TPSA) is 49.6 Å². The van der Waals surface area contributed by atoms with Gasteiger partial charge in [0.2, 0.25) is 0 Å². The van der Waals surface area contributed by atoms with Crippen LogP contribution in [-0.2, 0) is 13.0 Å². The number of aliphatic imine (C=N–C) groups is 1. The minimum atomic E-state index is 0. The van der Waals surface area contributed by atoms with Gasteiger partial charge in [-0.15, -0.1) is 41.9 Å². The summed E-state index contributed by atoms with van der Waals surface area (Å²) in [4.78, 5) is 7.16. The molecule has 0 aromatic carbocycles. The summed E-state index contributed by atoms with van der Waals surface area (Å²) >= 11 is 1.78. The Labute approximate surface area is 152 Å². The molecule has 0 aliphatic rings. The zero-order valence-corrected chi connectivity index (χ0v) is 15.8. The Morgan fingerprint density at radius 3 is 2.86 bits per heavy atom. The zero-order valence-electron chi connectivity index (χ0n) is 12.7. The van der Waals surface area contributed by atoms with Crippen molar-refractivity contribution in [3.05, 3.63) is 58.7 Å². The lowest BCUT2D eigenvalue weighted by molar-refractivity contribution is 0.507. The van der Waals surface area contributed by atoms with E-state index in [2.05, 4.69) is 41.3 Å². The number of furan rings is 1. The van der Waals surface area contributed by atoms with Gasteiger partial charge in [0.25, 0.3) is 0 Å². The fraction of sp³-hybridized carbons (Fsp3) is 0.312. The Bertz CT molecular complexity index is 578. The van der Waals surface area contributed by atoms with Gasteiger partial charge in [-0.3, -0.25) is 0 Å². The minimum Gasteiger partial charge on any atom is -0.469 e. The van der Waals surface area contributed by atoms with Crippen molar-refractivity contribution in [1.82, 2.24) is 10.6 Å². The molecule has 2 aromatic heterocycles. The first-order valence-corrected chi connectivity index (χ1v) is 7.80. The molecule has 2 rings (SSSR count). The first-order valence-electron chi connectivity index (χ1n) is 6.98. The highest BCUT2D eigenvalue weighted by molar-refractivity contribution is 14.0. The standard InChI is InChI=1S/C16H21N3OS.HI/c1-3-9-17-16(18-10-8-14-5-4-11-20-14)19-12-15-7-6-13(2)21-15;/h3-7,11H,1,8-10,12H2,2H3,(H2,17,18,19);1H. The maximum atomic E-state index is 5.31. The Hall–Kier alpha value is -1.28. The number of nitrogens with one attached hydrogen (secondary N) is 2. The van der Waals surface area contributed by atoms with Crippen molar-refractivity contribution in [3.8, 4) is 0 Å². The van der Waals surface area contributed by atoms with Crippen LogP contribution in [0.15, 0.2) is 52.6 Å². The third-order valence-corrected chi connectivity index (χ3v) is 3.83. The second-order valence-electron chi connectivity index (χ2n) is 4.60. The summed E-state index contributed by atoms with van der Waals surface area (Å²) in [6.45, 7) is 7.98. The van der Waals surface area contributed by atoms with Gasteiger partial charge in [0.15, 0.2) is 5.96 Å². The van der Waals surface area contributed by atoms with Gasteiger partial charge in [-0.1, -0.05) is 6.08 Å². The van der Waals surface area contributed by atoms with Gasteiger partial charge in [-0.05, 0) is 31.2 Å². The fourth-order valence-corrected chi connectivity index (χ4v) is 2.64. The molecule has 2 heterocycles. The van der Waals surface area contributed by atoms with Crippen LogP contribution in [0.4, 0.5) is 0 Å². The number of hydrogen-bond acceptors (Lipinski definition) is 3. The largest absolute Gasteiger partial charge is 0.469 e. The summed E-state index contributed by atoms with van der Waals surface area (Å²) in [5.41, 5.74) is 0. The molecule has 0 spiro atoms. The lowest BCUT2D eigenvalue weighted by atomic mass is 10.3. The summed E-state index contributed by atoms with van der Waals surface area (Å²) in [6, 6.07) is 8.12. The van der Waals surface area contributed by atoms with Crippen molar-refractivity contribution < 1.29 is 4.42 Å². The van der Waals surface area contributed by atoms with E-state index in [1.165, 1.54) is 9.75 Å². The number of thiophene rings is 1. The van der Waals surface area contributed by atoms with E-state index >= 15 is 0 Å². The Morgan fingerprint density at radius 2 is 2.23 bits per heavy atom. The Balaban J connectivity index is 0.00000242. The van der Waals surface area contributed by atoms with Crippen molar-refractivity contribution in [1.29, 1.82) is 0 Å². The maximum Gasteiger partial charge on any atom is 0.191 e. The number of halogens is 1. The molecule has 0 saturated heterocycles.